The fourth-order valence-corrected chi connectivity index (χ4v) is 2.27. The summed E-state index contributed by atoms with van der Waals surface area (Å²) < 4.78 is 11.1. The van der Waals surface area contributed by atoms with E-state index in [1.54, 1.807) is 12.4 Å². The van der Waals surface area contributed by atoms with Crippen molar-refractivity contribution in [3.05, 3.63) is 36.2 Å². The van der Waals surface area contributed by atoms with E-state index in [4.69, 9.17) is 9.47 Å². The number of aromatic nitrogens is 3. The summed E-state index contributed by atoms with van der Waals surface area (Å²) in [5.41, 5.74) is 1.06. The van der Waals surface area contributed by atoms with E-state index in [-0.39, 0.29) is 6.10 Å². The van der Waals surface area contributed by atoms with Crippen LogP contribution in [0.15, 0.2) is 30.6 Å². The second kappa shape index (κ2) is 7.23. The van der Waals surface area contributed by atoms with Crippen LogP contribution in [0.2, 0.25) is 0 Å². The van der Waals surface area contributed by atoms with Crippen molar-refractivity contribution in [1.29, 1.82) is 0 Å². The van der Waals surface area contributed by atoms with Gasteiger partial charge in [-0.15, -0.1) is 0 Å². The molecule has 0 bridgehead atoms. The van der Waals surface area contributed by atoms with Gasteiger partial charge in [-0.25, -0.2) is 9.97 Å². The summed E-state index contributed by atoms with van der Waals surface area (Å²) >= 11 is 0. The molecule has 0 amide bonds. The van der Waals surface area contributed by atoms with Crippen molar-refractivity contribution in [3.63, 3.8) is 0 Å². The van der Waals surface area contributed by atoms with Crippen molar-refractivity contribution in [1.82, 2.24) is 15.0 Å². The van der Waals surface area contributed by atoms with Gasteiger partial charge >= 0.3 is 0 Å². The van der Waals surface area contributed by atoms with Gasteiger partial charge in [-0.2, -0.15) is 4.98 Å². The Labute approximate surface area is 135 Å². The number of rotatable bonds is 6. The quantitative estimate of drug-likeness (QED) is 0.870. The lowest BCUT2D eigenvalue weighted by Crippen LogP contribution is -2.16. The van der Waals surface area contributed by atoms with Crippen LogP contribution in [0.5, 0.6) is 5.88 Å². The minimum Gasteiger partial charge on any atom is -0.472 e. The SMILES string of the molecule is CN(C)c1ccnc(NCc2ccnc(OC3CCOC3)c2)n1. The van der Waals surface area contributed by atoms with Crippen LogP contribution in [0.4, 0.5) is 11.8 Å². The molecule has 23 heavy (non-hydrogen) atoms. The molecular weight excluding hydrogens is 294 g/mol. The van der Waals surface area contributed by atoms with Crippen LogP contribution in [-0.2, 0) is 11.3 Å². The maximum Gasteiger partial charge on any atom is 0.224 e. The summed E-state index contributed by atoms with van der Waals surface area (Å²) in [7, 11) is 3.90. The van der Waals surface area contributed by atoms with Crippen LogP contribution in [0.1, 0.15) is 12.0 Å². The van der Waals surface area contributed by atoms with Gasteiger partial charge in [0.15, 0.2) is 0 Å². The molecule has 3 rings (SSSR count). The molecule has 1 atom stereocenters. The highest BCUT2D eigenvalue weighted by Crippen LogP contribution is 2.16. The maximum absolute atomic E-state index is 5.82. The zero-order valence-corrected chi connectivity index (χ0v) is 13.4. The average Bonchev–Trinajstić information content (AvgIpc) is 3.06. The van der Waals surface area contributed by atoms with Gasteiger partial charge in [0.2, 0.25) is 11.8 Å². The molecule has 1 unspecified atom stereocenters. The zero-order valence-electron chi connectivity index (χ0n) is 13.4. The van der Waals surface area contributed by atoms with E-state index in [0.29, 0.717) is 25.0 Å². The number of pyridine rings is 1. The third-order valence-electron chi connectivity index (χ3n) is 3.52. The van der Waals surface area contributed by atoms with Crippen molar-refractivity contribution >= 4 is 11.8 Å². The van der Waals surface area contributed by atoms with E-state index < -0.39 is 0 Å². The van der Waals surface area contributed by atoms with E-state index >= 15 is 0 Å². The first kappa shape index (κ1) is 15.5. The molecule has 1 aliphatic rings. The predicted octanol–water partition coefficient (Wildman–Crippen LogP) is 1.72. The van der Waals surface area contributed by atoms with E-state index in [9.17, 15) is 0 Å². The standard InChI is InChI=1S/C16H21N5O2/c1-21(2)14-4-7-18-16(20-14)19-10-12-3-6-17-15(9-12)23-13-5-8-22-11-13/h3-4,6-7,9,13H,5,8,10-11H2,1-2H3,(H,18,19,20). The first-order valence-electron chi connectivity index (χ1n) is 7.64. The van der Waals surface area contributed by atoms with E-state index in [2.05, 4.69) is 20.3 Å². The molecule has 7 heteroatoms. The Morgan fingerprint density at radius 3 is 2.96 bits per heavy atom. The van der Waals surface area contributed by atoms with Gasteiger partial charge in [0.05, 0.1) is 13.2 Å². The Morgan fingerprint density at radius 2 is 2.17 bits per heavy atom. The second-order valence-corrected chi connectivity index (χ2v) is 5.59. The van der Waals surface area contributed by atoms with Gasteiger partial charge in [0, 0.05) is 45.5 Å². The second-order valence-electron chi connectivity index (χ2n) is 5.59. The highest BCUT2D eigenvalue weighted by Gasteiger charge is 2.17. The zero-order chi connectivity index (χ0) is 16.1. The topological polar surface area (TPSA) is 72.4 Å². The van der Waals surface area contributed by atoms with Crippen LogP contribution >= 0.6 is 0 Å². The molecule has 1 fully saturated rings. The van der Waals surface area contributed by atoms with Gasteiger partial charge in [-0.1, -0.05) is 0 Å². The van der Waals surface area contributed by atoms with Crippen molar-refractivity contribution in [2.75, 3.05) is 37.5 Å². The van der Waals surface area contributed by atoms with Crippen molar-refractivity contribution in [2.45, 2.75) is 19.1 Å². The lowest BCUT2D eigenvalue weighted by atomic mass is 10.2. The lowest BCUT2D eigenvalue weighted by molar-refractivity contribution is 0.138. The number of nitrogens with zero attached hydrogens (tertiary/aromatic N) is 4. The number of anilines is 2. The van der Waals surface area contributed by atoms with E-state index in [1.807, 2.05) is 37.2 Å². The fourth-order valence-electron chi connectivity index (χ4n) is 2.27. The molecule has 7 nitrogen and oxygen atoms in total. The molecule has 0 spiro atoms. The summed E-state index contributed by atoms with van der Waals surface area (Å²) in [5.74, 6) is 2.09. The van der Waals surface area contributed by atoms with Gasteiger partial charge in [-0.3, -0.25) is 0 Å². The Bertz CT molecular complexity index is 644. The highest BCUT2D eigenvalue weighted by molar-refractivity contribution is 5.41. The van der Waals surface area contributed by atoms with Crippen LogP contribution in [0, 0.1) is 0 Å². The van der Waals surface area contributed by atoms with Crippen LogP contribution in [0.25, 0.3) is 0 Å². The van der Waals surface area contributed by atoms with Crippen molar-refractivity contribution in [2.24, 2.45) is 0 Å². The highest BCUT2D eigenvalue weighted by atomic mass is 16.5. The van der Waals surface area contributed by atoms with Gasteiger partial charge < -0.3 is 19.7 Å². The van der Waals surface area contributed by atoms with Gasteiger partial charge in [-0.05, 0) is 17.7 Å². The molecule has 2 aromatic heterocycles. The molecule has 0 aromatic carbocycles. The Morgan fingerprint density at radius 1 is 1.30 bits per heavy atom. The molecule has 0 aliphatic carbocycles. The molecule has 1 N–H and O–H groups in total. The maximum atomic E-state index is 5.82. The summed E-state index contributed by atoms with van der Waals surface area (Å²) in [6.07, 6.45) is 4.51. The number of nitrogens with one attached hydrogen (secondary N) is 1. The normalized spacial score (nSPS) is 17.0. The Hall–Kier alpha value is -2.41. The molecule has 0 saturated carbocycles. The minimum atomic E-state index is 0.103. The minimum absolute atomic E-state index is 0.103. The number of hydrogen-bond acceptors (Lipinski definition) is 7. The van der Waals surface area contributed by atoms with Crippen LogP contribution in [0.3, 0.4) is 0 Å². The molecule has 1 saturated heterocycles. The molecule has 3 heterocycles. The van der Waals surface area contributed by atoms with Crippen molar-refractivity contribution in [3.8, 4) is 5.88 Å². The third-order valence-corrected chi connectivity index (χ3v) is 3.52. The lowest BCUT2D eigenvalue weighted by Gasteiger charge is -2.13. The van der Waals surface area contributed by atoms with Crippen LogP contribution < -0.4 is 15.0 Å². The predicted molar refractivity (Wildman–Crippen MR) is 87.8 cm³/mol. The monoisotopic (exact) mass is 315 g/mol. The van der Waals surface area contributed by atoms with Crippen LogP contribution in [-0.4, -0.2) is 48.4 Å². The number of hydrogen-bond donors (Lipinski definition) is 1. The third kappa shape index (κ3) is 4.29. The summed E-state index contributed by atoms with van der Waals surface area (Å²) in [4.78, 5) is 14.9. The summed E-state index contributed by atoms with van der Waals surface area (Å²) in [5, 5.41) is 3.22. The number of ether oxygens (including phenoxy) is 2. The fraction of sp³-hybridized carbons (Fsp3) is 0.438. The van der Waals surface area contributed by atoms with Gasteiger partial charge in [0.1, 0.15) is 11.9 Å². The first-order chi connectivity index (χ1) is 11.2. The first-order valence-corrected chi connectivity index (χ1v) is 7.64. The Balaban J connectivity index is 1.60. The van der Waals surface area contributed by atoms with E-state index in [0.717, 1.165) is 24.4 Å². The molecule has 0 radical (unpaired) electrons. The molecule has 122 valence electrons. The largest absolute Gasteiger partial charge is 0.472 e. The molecular formula is C16H21N5O2. The van der Waals surface area contributed by atoms with Gasteiger partial charge in [0.25, 0.3) is 0 Å². The summed E-state index contributed by atoms with van der Waals surface area (Å²) in [6, 6.07) is 5.75. The smallest absolute Gasteiger partial charge is 0.224 e. The average molecular weight is 315 g/mol. The molecule has 1 aliphatic heterocycles. The summed E-state index contributed by atoms with van der Waals surface area (Å²) in [6.45, 7) is 2.00. The van der Waals surface area contributed by atoms with Crippen molar-refractivity contribution < 1.29 is 9.47 Å². The van der Waals surface area contributed by atoms with E-state index in [1.165, 1.54) is 0 Å². The Kier molecular flexibility index (Phi) is 4.87. The molecule has 2 aromatic rings.